The highest BCUT2D eigenvalue weighted by Gasteiger charge is 2.29. The summed E-state index contributed by atoms with van der Waals surface area (Å²) in [7, 11) is 3.64. The summed E-state index contributed by atoms with van der Waals surface area (Å²) in [6.07, 6.45) is 7.64. The summed E-state index contributed by atoms with van der Waals surface area (Å²) in [5.74, 6) is 0.174. The number of hydrogen-bond donors (Lipinski definition) is 1. The Kier molecular flexibility index (Phi) is 5.57. The van der Waals surface area contributed by atoms with Gasteiger partial charge in [0.05, 0.1) is 12.6 Å². The maximum atomic E-state index is 12.4. The summed E-state index contributed by atoms with van der Waals surface area (Å²) in [6.45, 7) is 1.94. The molecule has 2 N–H and O–H groups in total. The molecule has 2 unspecified atom stereocenters. The number of nitrogens with two attached hydrogens (primary N) is 1. The number of carbonyl (C=O) groups is 1. The van der Waals surface area contributed by atoms with E-state index in [1.165, 1.54) is 5.70 Å². The zero-order chi connectivity index (χ0) is 14.5. The Balaban J connectivity index is 1.89. The first-order chi connectivity index (χ1) is 9.65. The van der Waals surface area contributed by atoms with E-state index in [-0.39, 0.29) is 18.1 Å². The number of nitrogens with zero attached hydrogens (tertiary/aromatic N) is 2. The van der Waals surface area contributed by atoms with Crippen LogP contribution in [-0.4, -0.2) is 61.6 Å². The Morgan fingerprint density at radius 3 is 3.00 bits per heavy atom. The fraction of sp³-hybridized carbons (Fsp3) is 0.800. The molecule has 1 saturated heterocycles. The van der Waals surface area contributed by atoms with Gasteiger partial charge in [-0.25, -0.2) is 0 Å². The Bertz CT molecular complexity index is 370. The van der Waals surface area contributed by atoms with E-state index in [9.17, 15) is 4.79 Å². The average Bonchev–Trinajstić information content (AvgIpc) is 3.00. The number of hydrogen-bond acceptors (Lipinski definition) is 4. The van der Waals surface area contributed by atoms with Crippen LogP contribution in [0, 0.1) is 0 Å². The molecule has 1 fully saturated rings. The standard InChI is InChI=1S/C15H27N3O2/c1-17(12-5-3-4-6-12)15(19)11-18-8-7-14(20-2)9-13(18)10-16/h5,13-14H,3-4,6-11,16H2,1-2H3. The molecular formula is C15H27N3O2. The number of piperidine rings is 1. The van der Waals surface area contributed by atoms with Crippen molar-refractivity contribution in [3.8, 4) is 0 Å². The molecule has 0 bridgehead atoms. The van der Waals surface area contributed by atoms with Gasteiger partial charge >= 0.3 is 0 Å². The molecule has 1 aliphatic heterocycles. The summed E-state index contributed by atoms with van der Waals surface area (Å²) < 4.78 is 5.42. The molecule has 2 atom stereocenters. The van der Waals surface area contributed by atoms with Crippen LogP contribution >= 0.6 is 0 Å². The molecule has 0 aromatic heterocycles. The van der Waals surface area contributed by atoms with E-state index in [0.29, 0.717) is 13.1 Å². The van der Waals surface area contributed by atoms with Gasteiger partial charge in [0.1, 0.15) is 0 Å². The molecule has 0 saturated carbocycles. The van der Waals surface area contributed by atoms with Crippen LogP contribution in [0.1, 0.15) is 32.1 Å². The molecule has 5 nitrogen and oxygen atoms in total. The Morgan fingerprint density at radius 1 is 1.60 bits per heavy atom. The predicted molar refractivity (Wildman–Crippen MR) is 79.2 cm³/mol. The lowest BCUT2D eigenvalue weighted by Gasteiger charge is -2.38. The van der Waals surface area contributed by atoms with Crippen molar-refractivity contribution in [1.29, 1.82) is 0 Å². The quantitative estimate of drug-likeness (QED) is 0.815. The molecule has 0 aromatic rings. The minimum atomic E-state index is 0.174. The highest BCUT2D eigenvalue weighted by Crippen LogP contribution is 2.22. The molecule has 2 aliphatic rings. The third kappa shape index (κ3) is 3.59. The molecule has 1 amide bonds. The van der Waals surface area contributed by atoms with Gasteiger partial charge in [-0.2, -0.15) is 0 Å². The van der Waals surface area contributed by atoms with Gasteiger partial charge in [0.15, 0.2) is 0 Å². The molecular weight excluding hydrogens is 254 g/mol. The lowest BCUT2D eigenvalue weighted by Crippen LogP contribution is -2.51. The van der Waals surface area contributed by atoms with Gasteiger partial charge in [0, 0.05) is 39.0 Å². The number of likely N-dealkylation sites (N-methyl/N-ethyl adjacent to an activating group) is 1. The third-order valence-electron chi connectivity index (χ3n) is 4.56. The second-order valence-corrected chi connectivity index (χ2v) is 5.78. The Labute approximate surface area is 121 Å². The van der Waals surface area contributed by atoms with Crippen molar-refractivity contribution >= 4 is 5.91 Å². The lowest BCUT2D eigenvalue weighted by molar-refractivity contribution is -0.131. The van der Waals surface area contributed by atoms with Crippen LogP contribution in [0.3, 0.4) is 0 Å². The van der Waals surface area contributed by atoms with Crippen molar-refractivity contribution < 1.29 is 9.53 Å². The van der Waals surface area contributed by atoms with Gasteiger partial charge in [-0.05, 0) is 32.1 Å². The fourth-order valence-electron chi connectivity index (χ4n) is 3.13. The topological polar surface area (TPSA) is 58.8 Å². The van der Waals surface area contributed by atoms with Crippen molar-refractivity contribution in [3.05, 3.63) is 11.8 Å². The number of ether oxygens (including phenoxy) is 1. The molecule has 1 aliphatic carbocycles. The molecule has 0 aromatic carbocycles. The predicted octanol–water partition coefficient (Wildman–Crippen LogP) is 0.951. The number of rotatable bonds is 5. The zero-order valence-electron chi connectivity index (χ0n) is 12.7. The normalized spacial score (nSPS) is 27.4. The smallest absolute Gasteiger partial charge is 0.240 e. The van der Waals surface area contributed by atoms with E-state index in [0.717, 1.165) is 38.6 Å². The van der Waals surface area contributed by atoms with Crippen LogP contribution in [0.4, 0.5) is 0 Å². The van der Waals surface area contributed by atoms with Crippen LogP contribution in [0.15, 0.2) is 11.8 Å². The van der Waals surface area contributed by atoms with Crippen molar-refractivity contribution in [3.63, 3.8) is 0 Å². The van der Waals surface area contributed by atoms with Gasteiger partial charge in [-0.1, -0.05) is 6.08 Å². The van der Waals surface area contributed by atoms with Gasteiger partial charge in [-0.3, -0.25) is 9.69 Å². The van der Waals surface area contributed by atoms with Crippen LogP contribution < -0.4 is 5.73 Å². The fourth-order valence-corrected chi connectivity index (χ4v) is 3.13. The maximum absolute atomic E-state index is 12.4. The number of allylic oxidation sites excluding steroid dienone is 2. The summed E-state index contributed by atoms with van der Waals surface area (Å²) in [5.41, 5.74) is 7.02. The maximum Gasteiger partial charge on any atom is 0.240 e. The van der Waals surface area contributed by atoms with E-state index in [4.69, 9.17) is 10.5 Å². The minimum absolute atomic E-state index is 0.174. The molecule has 2 rings (SSSR count). The number of amides is 1. The number of carbonyl (C=O) groups excluding carboxylic acids is 1. The van der Waals surface area contributed by atoms with Crippen molar-refractivity contribution in [2.75, 3.05) is 33.8 Å². The van der Waals surface area contributed by atoms with Gasteiger partial charge < -0.3 is 15.4 Å². The molecule has 0 radical (unpaired) electrons. The highest BCUT2D eigenvalue weighted by molar-refractivity contribution is 5.79. The van der Waals surface area contributed by atoms with Crippen LogP contribution in [0.5, 0.6) is 0 Å². The first kappa shape index (κ1) is 15.5. The minimum Gasteiger partial charge on any atom is -0.381 e. The lowest BCUT2D eigenvalue weighted by atomic mass is 9.99. The second kappa shape index (κ2) is 7.20. The van der Waals surface area contributed by atoms with E-state index in [1.807, 2.05) is 11.9 Å². The summed E-state index contributed by atoms with van der Waals surface area (Å²) in [4.78, 5) is 16.4. The third-order valence-corrected chi connectivity index (χ3v) is 4.56. The monoisotopic (exact) mass is 281 g/mol. The molecule has 20 heavy (non-hydrogen) atoms. The molecule has 5 heteroatoms. The van der Waals surface area contributed by atoms with E-state index in [1.54, 1.807) is 7.11 Å². The van der Waals surface area contributed by atoms with Crippen molar-refractivity contribution in [2.24, 2.45) is 5.73 Å². The van der Waals surface area contributed by atoms with Gasteiger partial charge in [0.2, 0.25) is 5.91 Å². The zero-order valence-corrected chi connectivity index (χ0v) is 12.7. The van der Waals surface area contributed by atoms with Crippen molar-refractivity contribution in [1.82, 2.24) is 9.80 Å². The van der Waals surface area contributed by atoms with Crippen molar-refractivity contribution in [2.45, 2.75) is 44.2 Å². The summed E-state index contributed by atoms with van der Waals surface area (Å²) >= 11 is 0. The Hall–Kier alpha value is -0.910. The van der Waals surface area contributed by atoms with E-state index < -0.39 is 0 Å². The SMILES string of the molecule is COC1CCN(CC(=O)N(C)C2=CCCC2)C(CN)C1. The Morgan fingerprint density at radius 2 is 2.40 bits per heavy atom. The number of methoxy groups -OCH3 is 1. The van der Waals surface area contributed by atoms with Crippen LogP contribution in [-0.2, 0) is 9.53 Å². The molecule has 114 valence electrons. The molecule has 1 heterocycles. The molecule has 0 spiro atoms. The summed E-state index contributed by atoms with van der Waals surface area (Å²) in [6, 6.07) is 0.253. The average molecular weight is 281 g/mol. The van der Waals surface area contributed by atoms with Crippen LogP contribution in [0.2, 0.25) is 0 Å². The second-order valence-electron chi connectivity index (χ2n) is 5.78. The first-order valence-corrected chi connectivity index (χ1v) is 7.58. The van der Waals surface area contributed by atoms with Gasteiger partial charge in [-0.15, -0.1) is 0 Å². The largest absolute Gasteiger partial charge is 0.381 e. The summed E-state index contributed by atoms with van der Waals surface area (Å²) in [5, 5.41) is 0. The highest BCUT2D eigenvalue weighted by atomic mass is 16.5. The first-order valence-electron chi connectivity index (χ1n) is 7.58. The van der Waals surface area contributed by atoms with Gasteiger partial charge in [0.25, 0.3) is 0 Å². The van der Waals surface area contributed by atoms with Crippen LogP contribution in [0.25, 0.3) is 0 Å². The number of likely N-dealkylation sites (tertiary alicyclic amines) is 1. The van der Waals surface area contributed by atoms with E-state index in [2.05, 4.69) is 11.0 Å². The van der Waals surface area contributed by atoms with E-state index >= 15 is 0 Å².